The van der Waals surface area contributed by atoms with Crippen LogP contribution in [0.25, 0.3) is 0 Å². The van der Waals surface area contributed by atoms with Gasteiger partial charge in [-0.2, -0.15) is 0 Å². The van der Waals surface area contributed by atoms with E-state index in [9.17, 15) is 4.21 Å². The van der Waals surface area contributed by atoms with Crippen molar-refractivity contribution in [1.29, 1.82) is 0 Å². The summed E-state index contributed by atoms with van der Waals surface area (Å²) in [6.45, 7) is 11.8. The van der Waals surface area contributed by atoms with Crippen LogP contribution in [-0.2, 0) is 10.8 Å². The fourth-order valence-electron chi connectivity index (χ4n) is 1.30. The predicted molar refractivity (Wildman–Crippen MR) is 69.7 cm³/mol. The van der Waals surface area contributed by atoms with Crippen molar-refractivity contribution in [2.75, 3.05) is 12.3 Å². The summed E-state index contributed by atoms with van der Waals surface area (Å²) in [4.78, 5) is 0. The van der Waals surface area contributed by atoms with Gasteiger partial charge >= 0.3 is 0 Å². The van der Waals surface area contributed by atoms with Crippen molar-refractivity contribution in [3.63, 3.8) is 0 Å². The highest BCUT2D eigenvalue weighted by Gasteiger charge is 2.17. The molecule has 0 heterocycles. The molecule has 0 aliphatic rings. The van der Waals surface area contributed by atoms with E-state index in [0.29, 0.717) is 12.0 Å². The third kappa shape index (κ3) is 7.07. The van der Waals surface area contributed by atoms with Crippen LogP contribution in [-0.4, -0.2) is 27.8 Å². The van der Waals surface area contributed by atoms with Gasteiger partial charge in [-0.1, -0.05) is 20.8 Å². The Morgan fingerprint density at radius 1 is 1.20 bits per heavy atom. The Morgan fingerprint density at radius 2 is 1.80 bits per heavy atom. The monoisotopic (exact) mass is 233 g/mol. The van der Waals surface area contributed by atoms with Crippen molar-refractivity contribution >= 4 is 10.8 Å². The van der Waals surface area contributed by atoms with Crippen LogP contribution in [0.5, 0.6) is 0 Å². The third-order valence-electron chi connectivity index (χ3n) is 2.73. The molecular formula is C12H27NOS. The zero-order valence-electron chi connectivity index (χ0n) is 10.9. The van der Waals surface area contributed by atoms with Gasteiger partial charge in [0.15, 0.2) is 0 Å². The van der Waals surface area contributed by atoms with E-state index >= 15 is 0 Å². The third-order valence-corrected chi connectivity index (χ3v) is 4.61. The zero-order chi connectivity index (χ0) is 11.8. The van der Waals surface area contributed by atoms with Crippen LogP contribution in [0.3, 0.4) is 0 Å². The molecule has 0 bridgehead atoms. The van der Waals surface area contributed by atoms with Crippen molar-refractivity contribution in [1.82, 2.24) is 5.32 Å². The van der Waals surface area contributed by atoms with Gasteiger partial charge in [0.2, 0.25) is 0 Å². The maximum absolute atomic E-state index is 11.9. The van der Waals surface area contributed by atoms with Gasteiger partial charge in [0.05, 0.1) is 0 Å². The Bertz CT molecular complexity index is 182. The van der Waals surface area contributed by atoms with Gasteiger partial charge in [-0.05, 0) is 39.2 Å². The number of rotatable bonds is 8. The smallest absolute Gasteiger partial charge is 0.0470 e. The molecule has 0 aromatic rings. The lowest BCUT2D eigenvalue weighted by Gasteiger charge is -2.21. The summed E-state index contributed by atoms with van der Waals surface area (Å²) in [5.41, 5.74) is 0. The minimum atomic E-state index is -0.681. The predicted octanol–water partition coefficient (Wildman–Crippen LogP) is 2.56. The van der Waals surface area contributed by atoms with Crippen molar-refractivity contribution < 1.29 is 4.21 Å². The van der Waals surface area contributed by atoms with Crippen LogP contribution < -0.4 is 5.32 Å². The first-order valence-electron chi connectivity index (χ1n) is 6.09. The molecule has 92 valence electrons. The Labute approximate surface area is 97.7 Å². The fourth-order valence-corrected chi connectivity index (χ4v) is 2.93. The maximum atomic E-state index is 11.9. The van der Waals surface area contributed by atoms with Gasteiger partial charge in [0.1, 0.15) is 0 Å². The Hall–Kier alpha value is 0.110. The van der Waals surface area contributed by atoms with Crippen molar-refractivity contribution in [2.24, 2.45) is 5.92 Å². The van der Waals surface area contributed by atoms with Gasteiger partial charge < -0.3 is 5.32 Å². The van der Waals surface area contributed by atoms with Crippen molar-refractivity contribution in [3.8, 4) is 0 Å². The van der Waals surface area contributed by atoms with E-state index in [1.807, 2.05) is 0 Å². The quantitative estimate of drug-likeness (QED) is 0.698. The van der Waals surface area contributed by atoms with E-state index in [2.05, 4.69) is 39.9 Å². The lowest BCUT2D eigenvalue weighted by Crippen LogP contribution is -2.39. The molecule has 0 aliphatic heterocycles. The fraction of sp³-hybridized carbons (Fsp3) is 1.00. The minimum absolute atomic E-state index is 0.260. The summed E-state index contributed by atoms with van der Waals surface area (Å²) >= 11 is 0. The van der Waals surface area contributed by atoms with Crippen LogP contribution in [0, 0.1) is 5.92 Å². The van der Waals surface area contributed by atoms with Gasteiger partial charge in [-0.3, -0.25) is 4.21 Å². The first kappa shape index (κ1) is 15.1. The second-order valence-electron chi connectivity index (χ2n) is 4.72. The molecule has 3 heteroatoms. The average molecular weight is 233 g/mol. The van der Waals surface area contributed by atoms with Crippen LogP contribution in [0.2, 0.25) is 0 Å². The molecule has 0 amide bonds. The van der Waals surface area contributed by atoms with Gasteiger partial charge in [-0.15, -0.1) is 0 Å². The van der Waals surface area contributed by atoms with E-state index < -0.39 is 10.8 Å². The molecule has 3 atom stereocenters. The van der Waals surface area contributed by atoms with E-state index in [1.54, 1.807) is 0 Å². The van der Waals surface area contributed by atoms with E-state index in [1.165, 1.54) is 0 Å². The highest BCUT2D eigenvalue weighted by Crippen LogP contribution is 2.07. The number of nitrogens with one attached hydrogen (secondary N) is 1. The molecular weight excluding hydrogens is 206 g/mol. The molecule has 0 aromatic heterocycles. The molecule has 0 aliphatic carbocycles. The highest BCUT2D eigenvalue weighted by molar-refractivity contribution is 7.85. The molecule has 0 aromatic carbocycles. The summed E-state index contributed by atoms with van der Waals surface area (Å²) in [6, 6.07) is 0.359. The van der Waals surface area contributed by atoms with E-state index in [-0.39, 0.29) is 5.25 Å². The van der Waals surface area contributed by atoms with Gasteiger partial charge in [0, 0.05) is 27.8 Å². The molecule has 0 fully saturated rings. The summed E-state index contributed by atoms with van der Waals surface area (Å²) in [7, 11) is -0.681. The molecule has 0 saturated heterocycles. The Morgan fingerprint density at radius 3 is 2.27 bits per heavy atom. The normalized spacial score (nSPS) is 17.7. The molecule has 1 N–H and O–H groups in total. The molecule has 0 spiro atoms. The molecule has 3 unspecified atom stereocenters. The van der Waals surface area contributed by atoms with Gasteiger partial charge in [0.25, 0.3) is 0 Å². The molecule has 0 saturated carbocycles. The molecule has 15 heavy (non-hydrogen) atoms. The minimum Gasteiger partial charge on any atom is -0.313 e. The van der Waals surface area contributed by atoms with Crippen molar-refractivity contribution in [2.45, 2.75) is 58.8 Å². The molecule has 0 radical (unpaired) electrons. The first-order chi connectivity index (χ1) is 6.99. The first-order valence-corrected chi connectivity index (χ1v) is 7.47. The Kier molecular flexibility index (Phi) is 8.34. The van der Waals surface area contributed by atoms with Crippen molar-refractivity contribution in [3.05, 3.63) is 0 Å². The van der Waals surface area contributed by atoms with Crippen LogP contribution in [0.1, 0.15) is 47.5 Å². The van der Waals surface area contributed by atoms with Crippen LogP contribution >= 0.6 is 0 Å². The Balaban J connectivity index is 3.85. The SMILES string of the molecule is CCCNC(C)C(C)S(=O)CCC(C)C. The van der Waals surface area contributed by atoms with Crippen LogP contribution in [0.15, 0.2) is 0 Å². The van der Waals surface area contributed by atoms with E-state index in [0.717, 1.165) is 25.1 Å². The van der Waals surface area contributed by atoms with Gasteiger partial charge in [-0.25, -0.2) is 0 Å². The topological polar surface area (TPSA) is 29.1 Å². The zero-order valence-corrected chi connectivity index (χ0v) is 11.7. The second kappa shape index (κ2) is 8.28. The standard InChI is InChI=1S/C12H27NOS/c1-6-8-13-11(4)12(5)15(14)9-7-10(2)3/h10-13H,6-9H2,1-5H3. The lowest BCUT2D eigenvalue weighted by atomic mass is 10.2. The largest absolute Gasteiger partial charge is 0.313 e. The average Bonchev–Trinajstić information content (AvgIpc) is 2.21. The number of hydrogen-bond donors (Lipinski definition) is 1. The number of hydrogen-bond acceptors (Lipinski definition) is 2. The summed E-state index contributed by atoms with van der Waals surface area (Å²) in [5.74, 6) is 1.50. The maximum Gasteiger partial charge on any atom is 0.0470 e. The van der Waals surface area contributed by atoms with Crippen LogP contribution in [0.4, 0.5) is 0 Å². The lowest BCUT2D eigenvalue weighted by molar-refractivity contribution is 0.529. The summed E-state index contributed by atoms with van der Waals surface area (Å²) < 4.78 is 11.9. The second-order valence-corrected chi connectivity index (χ2v) is 6.63. The molecule has 0 rings (SSSR count). The summed E-state index contributed by atoms with van der Waals surface area (Å²) in [5, 5.41) is 3.67. The molecule has 2 nitrogen and oxygen atoms in total. The highest BCUT2D eigenvalue weighted by atomic mass is 32.2. The summed E-state index contributed by atoms with van der Waals surface area (Å²) in [6.07, 6.45) is 2.20. The van der Waals surface area contributed by atoms with E-state index in [4.69, 9.17) is 0 Å².